The molecule has 2 heterocycles. The normalized spacial score (nSPS) is 14.1. The van der Waals surface area contributed by atoms with Crippen molar-refractivity contribution >= 4 is 40.7 Å². The van der Waals surface area contributed by atoms with Crippen molar-refractivity contribution in [3.63, 3.8) is 0 Å². The van der Waals surface area contributed by atoms with Crippen molar-refractivity contribution in [2.75, 3.05) is 41.7 Å². The van der Waals surface area contributed by atoms with Gasteiger partial charge in [0.15, 0.2) is 5.78 Å². The van der Waals surface area contributed by atoms with Gasteiger partial charge in [0.25, 0.3) is 0 Å². The number of carbonyl (C=O) groups is 1. The first kappa shape index (κ1) is 20.6. The maximum absolute atomic E-state index is 13.1. The smallest absolute Gasteiger partial charge is 0.173 e. The number of aromatic nitrogens is 2. The van der Waals surface area contributed by atoms with Gasteiger partial charge in [0.05, 0.1) is 5.75 Å². The van der Waals surface area contributed by atoms with Gasteiger partial charge in [0, 0.05) is 48.5 Å². The van der Waals surface area contributed by atoms with Gasteiger partial charge in [-0.2, -0.15) is 0 Å². The van der Waals surface area contributed by atoms with Crippen LogP contribution in [0.5, 0.6) is 0 Å². The number of thioether (sulfide) groups is 1. The van der Waals surface area contributed by atoms with Gasteiger partial charge >= 0.3 is 0 Å². The average Bonchev–Trinajstić information content (AvgIpc) is 2.79. The van der Waals surface area contributed by atoms with Gasteiger partial charge in [0.2, 0.25) is 0 Å². The molecule has 5 nitrogen and oxygen atoms in total. The van der Waals surface area contributed by atoms with Crippen LogP contribution < -0.4 is 9.80 Å². The highest BCUT2D eigenvalue weighted by atomic mass is 35.5. The summed E-state index contributed by atoms with van der Waals surface area (Å²) in [6, 6.07) is 15.4. The first-order valence-electron chi connectivity index (χ1n) is 9.57. The van der Waals surface area contributed by atoms with E-state index in [-0.39, 0.29) is 11.6 Å². The standard InChI is InChI=1S/C22H20ClFN4OS/c23-17-3-1-16(2-4-17)20(29)14-30-22-13-21(25-15-26-22)28-11-9-27(10-12-28)19-7-5-18(24)6-8-19/h1-8,13,15H,9-12,14H2. The number of Topliss-reactive ketones (excluding diaryl/α,β-unsaturated/α-hetero) is 1. The third-order valence-corrected chi connectivity index (χ3v) is 6.12. The van der Waals surface area contributed by atoms with E-state index >= 15 is 0 Å². The molecule has 0 saturated carbocycles. The predicted molar refractivity (Wildman–Crippen MR) is 119 cm³/mol. The van der Waals surface area contributed by atoms with Crippen LogP contribution in [-0.2, 0) is 0 Å². The molecule has 8 heteroatoms. The van der Waals surface area contributed by atoms with E-state index < -0.39 is 0 Å². The van der Waals surface area contributed by atoms with E-state index in [2.05, 4.69) is 19.8 Å². The summed E-state index contributed by atoms with van der Waals surface area (Å²) < 4.78 is 13.1. The van der Waals surface area contributed by atoms with Gasteiger partial charge in [0.1, 0.15) is 23.0 Å². The van der Waals surface area contributed by atoms with Crippen LogP contribution in [0.2, 0.25) is 5.02 Å². The molecular weight excluding hydrogens is 423 g/mol. The van der Waals surface area contributed by atoms with Gasteiger partial charge in [-0.15, -0.1) is 0 Å². The van der Waals surface area contributed by atoms with Crippen LogP contribution in [0.3, 0.4) is 0 Å². The molecule has 1 aromatic heterocycles. The van der Waals surface area contributed by atoms with Crippen molar-refractivity contribution in [2.45, 2.75) is 5.03 Å². The van der Waals surface area contributed by atoms with E-state index in [1.165, 1.54) is 30.2 Å². The Bertz CT molecular complexity index is 1010. The SMILES string of the molecule is O=C(CSc1cc(N2CCN(c3ccc(F)cc3)CC2)ncn1)c1ccc(Cl)cc1. The van der Waals surface area contributed by atoms with Crippen LogP contribution in [0, 0.1) is 5.82 Å². The molecular formula is C22H20ClFN4OS. The Morgan fingerprint density at radius 3 is 2.33 bits per heavy atom. The van der Waals surface area contributed by atoms with Crippen LogP contribution in [0.15, 0.2) is 66.0 Å². The number of anilines is 2. The second kappa shape index (κ2) is 9.45. The zero-order chi connectivity index (χ0) is 20.9. The maximum Gasteiger partial charge on any atom is 0.173 e. The van der Waals surface area contributed by atoms with Crippen LogP contribution in [0.25, 0.3) is 0 Å². The van der Waals surface area contributed by atoms with Crippen LogP contribution in [0.1, 0.15) is 10.4 Å². The first-order valence-corrected chi connectivity index (χ1v) is 10.9. The molecule has 0 N–H and O–H groups in total. The number of halogens is 2. The molecule has 4 rings (SSSR count). The van der Waals surface area contributed by atoms with E-state index in [1.807, 2.05) is 18.2 Å². The quantitative estimate of drug-likeness (QED) is 0.316. The van der Waals surface area contributed by atoms with E-state index in [1.54, 1.807) is 24.3 Å². The Hall–Kier alpha value is -2.64. The average molecular weight is 443 g/mol. The summed E-state index contributed by atoms with van der Waals surface area (Å²) in [6.07, 6.45) is 1.54. The number of hydrogen-bond donors (Lipinski definition) is 0. The highest BCUT2D eigenvalue weighted by molar-refractivity contribution is 7.99. The van der Waals surface area contributed by atoms with Gasteiger partial charge in [-0.05, 0) is 48.5 Å². The second-order valence-corrected chi connectivity index (χ2v) is 8.32. The van der Waals surface area contributed by atoms with E-state index in [0.29, 0.717) is 16.3 Å². The van der Waals surface area contributed by atoms with E-state index in [9.17, 15) is 9.18 Å². The molecule has 30 heavy (non-hydrogen) atoms. The lowest BCUT2D eigenvalue weighted by Crippen LogP contribution is -2.46. The molecule has 3 aromatic rings. The zero-order valence-corrected chi connectivity index (χ0v) is 17.7. The lowest BCUT2D eigenvalue weighted by molar-refractivity contribution is 0.102. The fourth-order valence-electron chi connectivity index (χ4n) is 3.29. The molecule has 0 amide bonds. The second-order valence-electron chi connectivity index (χ2n) is 6.88. The van der Waals surface area contributed by atoms with Gasteiger partial charge < -0.3 is 9.80 Å². The number of nitrogens with zero attached hydrogens (tertiary/aromatic N) is 4. The summed E-state index contributed by atoms with van der Waals surface area (Å²) in [7, 11) is 0. The molecule has 1 aliphatic rings. The van der Waals surface area contributed by atoms with Gasteiger partial charge in [-0.25, -0.2) is 14.4 Å². The highest BCUT2D eigenvalue weighted by Crippen LogP contribution is 2.23. The van der Waals surface area contributed by atoms with Crippen LogP contribution >= 0.6 is 23.4 Å². The molecule has 154 valence electrons. The number of ketones is 1. The summed E-state index contributed by atoms with van der Waals surface area (Å²) in [5.41, 5.74) is 1.66. The van der Waals surface area contributed by atoms with E-state index in [0.717, 1.165) is 42.7 Å². The number of hydrogen-bond acceptors (Lipinski definition) is 6. The lowest BCUT2D eigenvalue weighted by Gasteiger charge is -2.36. The zero-order valence-electron chi connectivity index (χ0n) is 16.2. The predicted octanol–water partition coefficient (Wildman–Crippen LogP) is 4.57. The Balaban J connectivity index is 1.34. The van der Waals surface area contributed by atoms with E-state index in [4.69, 9.17) is 11.6 Å². The van der Waals surface area contributed by atoms with Crippen molar-refractivity contribution in [3.8, 4) is 0 Å². The van der Waals surface area contributed by atoms with Gasteiger partial charge in [-0.3, -0.25) is 4.79 Å². The first-order chi connectivity index (χ1) is 14.6. The molecule has 0 bridgehead atoms. The number of benzene rings is 2. The Morgan fingerprint density at radius 2 is 1.63 bits per heavy atom. The molecule has 0 unspecified atom stereocenters. The topological polar surface area (TPSA) is 49.3 Å². The Labute approximate surface area is 183 Å². The number of carbonyl (C=O) groups excluding carboxylic acids is 1. The number of piperazine rings is 1. The van der Waals surface area contributed by atoms with Crippen molar-refractivity contribution in [3.05, 3.63) is 77.3 Å². The fraction of sp³-hybridized carbons (Fsp3) is 0.227. The Morgan fingerprint density at radius 1 is 0.967 bits per heavy atom. The summed E-state index contributed by atoms with van der Waals surface area (Å²) in [6.45, 7) is 3.27. The van der Waals surface area contributed by atoms with Crippen molar-refractivity contribution in [1.29, 1.82) is 0 Å². The molecule has 0 radical (unpaired) electrons. The molecule has 1 saturated heterocycles. The van der Waals surface area contributed by atoms with Crippen molar-refractivity contribution in [2.24, 2.45) is 0 Å². The fourth-order valence-corrected chi connectivity index (χ4v) is 4.17. The molecule has 0 aliphatic carbocycles. The molecule has 2 aromatic carbocycles. The molecule has 0 atom stereocenters. The minimum atomic E-state index is -0.224. The summed E-state index contributed by atoms with van der Waals surface area (Å²) >= 11 is 7.27. The maximum atomic E-state index is 13.1. The highest BCUT2D eigenvalue weighted by Gasteiger charge is 2.19. The third-order valence-electron chi connectivity index (χ3n) is 4.94. The lowest BCUT2D eigenvalue weighted by atomic mass is 10.1. The van der Waals surface area contributed by atoms with Crippen molar-refractivity contribution < 1.29 is 9.18 Å². The van der Waals surface area contributed by atoms with Crippen LogP contribution in [-0.4, -0.2) is 47.7 Å². The minimum Gasteiger partial charge on any atom is -0.368 e. The molecule has 1 aliphatic heterocycles. The summed E-state index contributed by atoms with van der Waals surface area (Å²) in [5.74, 6) is 0.962. The number of rotatable bonds is 6. The van der Waals surface area contributed by atoms with Gasteiger partial charge in [-0.1, -0.05) is 23.4 Å². The largest absolute Gasteiger partial charge is 0.368 e. The summed E-state index contributed by atoms with van der Waals surface area (Å²) in [4.78, 5) is 25.5. The monoisotopic (exact) mass is 442 g/mol. The van der Waals surface area contributed by atoms with Crippen LogP contribution in [0.4, 0.5) is 15.9 Å². The third kappa shape index (κ3) is 5.09. The summed E-state index contributed by atoms with van der Waals surface area (Å²) in [5, 5.41) is 1.38. The molecule has 0 spiro atoms. The minimum absolute atomic E-state index is 0.0322. The molecule has 1 fully saturated rings. The Kier molecular flexibility index (Phi) is 6.50. The van der Waals surface area contributed by atoms with Crippen molar-refractivity contribution in [1.82, 2.24) is 9.97 Å².